The number of carbonyl (C=O) groups excluding carboxylic acids is 1. The highest BCUT2D eigenvalue weighted by Crippen LogP contribution is 2.16. The summed E-state index contributed by atoms with van der Waals surface area (Å²) in [5.74, 6) is -0.293. The Kier molecular flexibility index (Phi) is 6.30. The van der Waals surface area contributed by atoms with Gasteiger partial charge in [0.25, 0.3) is 5.91 Å². The molecule has 0 aromatic heterocycles. The van der Waals surface area contributed by atoms with Crippen molar-refractivity contribution < 1.29 is 17.9 Å². The third-order valence-electron chi connectivity index (χ3n) is 3.59. The van der Waals surface area contributed by atoms with Gasteiger partial charge in [0.1, 0.15) is 0 Å². The number of para-hydroxylation sites is 1. The van der Waals surface area contributed by atoms with E-state index in [1.165, 1.54) is 31.4 Å². The van der Waals surface area contributed by atoms with E-state index < -0.39 is 10.0 Å². The van der Waals surface area contributed by atoms with Gasteiger partial charge in [0.15, 0.2) is 0 Å². The van der Waals surface area contributed by atoms with Crippen LogP contribution >= 0.6 is 0 Å². The molecule has 0 heterocycles. The van der Waals surface area contributed by atoms with E-state index in [9.17, 15) is 13.2 Å². The first-order valence-electron chi connectivity index (χ1n) is 7.82. The SMILES string of the molecule is COC[C@H](C)NS(=O)(=O)c1ccc(C(=O)Nc2ccccc2C)cc1. The van der Waals surface area contributed by atoms with Crippen molar-refractivity contribution in [2.45, 2.75) is 24.8 Å². The fraction of sp³-hybridized carbons (Fsp3) is 0.278. The maximum Gasteiger partial charge on any atom is 0.255 e. The minimum Gasteiger partial charge on any atom is -0.383 e. The van der Waals surface area contributed by atoms with Gasteiger partial charge in [-0.15, -0.1) is 0 Å². The molecule has 0 fully saturated rings. The van der Waals surface area contributed by atoms with Gasteiger partial charge in [-0.3, -0.25) is 4.79 Å². The number of amides is 1. The van der Waals surface area contributed by atoms with E-state index in [4.69, 9.17) is 4.74 Å². The molecule has 1 amide bonds. The summed E-state index contributed by atoms with van der Waals surface area (Å²) < 4.78 is 32.0. The minimum atomic E-state index is -3.65. The Hall–Kier alpha value is -2.22. The molecule has 25 heavy (non-hydrogen) atoms. The summed E-state index contributed by atoms with van der Waals surface area (Å²) in [4.78, 5) is 12.4. The molecule has 0 unspecified atom stereocenters. The number of carbonyl (C=O) groups is 1. The molecule has 2 aromatic rings. The van der Waals surface area contributed by atoms with Crippen LogP contribution in [0.3, 0.4) is 0 Å². The molecule has 2 N–H and O–H groups in total. The smallest absolute Gasteiger partial charge is 0.255 e. The van der Waals surface area contributed by atoms with E-state index in [-0.39, 0.29) is 23.5 Å². The summed E-state index contributed by atoms with van der Waals surface area (Å²) in [6.07, 6.45) is 0. The molecule has 6 nitrogen and oxygen atoms in total. The quantitative estimate of drug-likeness (QED) is 0.793. The fourth-order valence-electron chi connectivity index (χ4n) is 2.31. The highest BCUT2D eigenvalue weighted by atomic mass is 32.2. The van der Waals surface area contributed by atoms with E-state index in [2.05, 4.69) is 10.0 Å². The lowest BCUT2D eigenvalue weighted by atomic mass is 10.1. The zero-order valence-corrected chi connectivity index (χ0v) is 15.3. The molecule has 0 aliphatic carbocycles. The summed E-state index contributed by atoms with van der Waals surface area (Å²) in [6, 6.07) is 12.9. The van der Waals surface area contributed by atoms with Gasteiger partial charge < -0.3 is 10.1 Å². The first-order valence-corrected chi connectivity index (χ1v) is 9.30. The van der Waals surface area contributed by atoms with Crippen molar-refractivity contribution in [1.82, 2.24) is 4.72 Å². The van der Waals surface area contributed by atoms with Crippen molar-refractivity contribution in [1.29, 1.82) is 0 Å². The summed E-state index contributed by atoms with van der Waals surface area (Å²) in [7, 11) is -2.14. The van der Waals surface area contributed by atoms with E-state index in [1.807, 2.05) is 31.2 Å². The summed E-state index contributed by atoms with van der Waals surface area (Å²) >= 11 is 0. The first-order chi connectivity index (χ1) is 11.8. The molecule has 0 radical (unpaired) electrons. The molecule has 0 aliphatic rings. The van der Waals surface area contributed by atoms with Crippen molar-refractivity contribution >= 4 is 21.6 Å². The van der Waals surface area contributed by atoms with Gasteiger partial charge in [-0.1, -0.05) is 18.2 Å². The third kappa shape index (κ3) is 5.12. The highest BCUT2D eigenvalue weighted by molar-refractivity contribution is 7.89. The predicted octanol–water partition coefficient (Wildman–Crippen LogP) is 2.56. The van der Waals surface area contributed by atoms with E-state index in [0.717, 1.165) is 11.3 Å². The first kappa shape index (κ1) is 19.1. The molecule has 7 heteroatoms. The second-order valence-corrected chi connectivity index (χ2v) is 7.49. The molecule has 2 aromatic carbocycles. The maximum absolute atomic E-state index is 12.3. The van der Waals surface area contributed by atoms with Gasteiger partial charge in [-0.05, 0) is 49.7 Å². The van der Waals surface area contributed by atoms with Gasteiger partial charge in [0, 0.05) is 24.4 Å². The van der Waals surface area contributed by atoms with E-state index >= 15 is 0 Å². The number of nitrogens with one attached hydrogen (secondary N) is 2. The monoisotopic (exact) mass is 362 g/mol. The molecule has 2 rings (SSSR count). The largest absolute Gasteiger partial charge is 0.383 e. The van der Waals surface area contributed by atoms with Crippen LogP contribution in [0, 0.1) is 6.92 Å². The van der Waals surface area contributed by atoms with Crippen molar-refractivity contribution in [3.05, 3.63) is 59.7 Å². The number of sulfonamides is 1. The van der Waals surface area contributed by atoms with Crippen molar-refractivity contribution in [3.63, 3.8) is 0 Å². The molecule has 0 spiro atoms. The third-order valence-corrected chi connectivity index (χ3v) is 5.20. The van der Waals surface area contributed by atoms with Crippen LogP contribution < -0.4 is 10.0 Å². The molecule has 1 atom stereocenters. The highest BCUT2D eigenvalue weighted by Gasteiger charge is 2.18. The van der Waals surface area contributed by atoms with Crippen LogP contribution in [-0.4, -0.2) is 34.1 Å². The topological polar surface area (TPSA) is 84.5 Å². The van der Waals surface area contributed by atoms with Gasteiger partial charge in [-0.25, -0.2) is 13.1 Å². The zero-order chi connectivity index (χ0) is 18.4. The van der Waals surface area contributed by atoms with Gasteiger partial charge in [-0.2, -0.15) is 0 Å². The number of methoxy groups -OCH3 is 1. The van der Waals surface area contributed by atoms with Crippen molar-refractivity contribution in [2.75, 3.05) is 19.0 Å². The fourth-order valence-corrected chi connectivity index (χ4v) is 3.54. The second-order valence-electron chi connectivity index (χ2n) is 5.77. The Balaban J connectivity index is 2.11. The predicted molar refractivity (Wildman–Crippen MR) is 97.2 cm³/mol. The Morgan fingerprint density at radius 3 is 2.36 bits per heavy atom. The van der Waals surface area contributed by atoms with E-state index in [1.54, 1.807) is 6.92 Å². The van der Waals surface area contributed by atoms with Gasteiger partial charge in [0.2, 0.25) is 10.0 Å². The van der Waals surface area contributed by atoms with Crippen LogP contribution in [0.15, 0.2) is 53.4 Å². The molecule has 0 saturated carbocycles. The number of aryl methyl sites for hydroxylation is 1. The molecular formula is C18H22N2O4S. The van der Waals surface area contributed by atoms with Crippen molar-refractivity contribution in [2.24, 2.45) is 0 Å². The lowest BCUT2D eigenvalue weighted by Gasteiger charge is -2.13. The van der Waals surface area contributed by atoms with Crippen LogP contribution in [0.4, 0.5) is 5.69 Å². The summed E-state index contributed by atoms with van der Waals surface area (Å²) in [5, 5.41) is 2.81. The molecule has 0 saturated heterocycles. The van der Waals surface area contributed by atoms with Crippen LogP contribution in [0.2, 0.25) is 0 Å². The van der Waals surface area contributed by atoms with Crippen LogP contribution in [0.25, 0.3) is 0 Å². The van der Waals surface area contributed by atoms with Crippen LogP contribution in [-0.2, 0) is 14.8 Å². The van der Waals surface area contributed by atoms with E-state index in [0.29, 0.717) is 5.56 Å². The average molecular weight is 362 g/mol. The van der Waals surface area contributed by atoms with Crippen LogP contribution in [0.1, 0.15) is 22.8 Å². The number of benzene rings is 2. The Bertz CT molecular complexity index is 832. The number of hydrogen-bond donors (Lipinski definition) is 2. The molecule has 0 aliphatic heterocycles. The lowest BCUT2D eigenvalue weighted by molar-refractivity contribution is 0.102. The summed E-state index contributed by atoms with van der Waals surface area (Å²) in [5.41, 5.74) is 2.05. The zero-order valence-electron chi connectivity index (χ0n) is 14.4. The Morgan fingerprint density at radius 1 is 1.12 bits per heavy atom. The van der Waals surface area contributed by atoms with Gasteiger partial charge in [0.05, 0.1) is 11.5 Å². The Morgan fingerprint density at radius 2 is 1.76 bits per heavy atom. The molecular weight excluding hydrogens is 340 g/mol. The number of rotatable bonds is 7. The second kappa shape index (κ2) is 8.24. The van der Waals surface area contributed by atoms with Gasteiger partial charge >= 0.3 is 0 Å². The van der Waals surface area contributed by atoms with Crippen LogP contribution in [0.5, 0.6) is 0 Å². The number of ether oxygens (including phenoxy) is 1. The average Bonchev–Trinajstić information content (AvgIpc) is 2.57. The normalized spacial score (nSPS) is 12.6. The number of hydrogen-bond acceptors (Lipinski definition) is 4. The summed E-state index contributed by atoms with van der Waals surface area (Å²) in [6.45, 7) is 3.89. The number of anilines is 1. The molecule has 0 bridgehead atoms. The maximum atomic E-state index is 12.3. The van der Waals surface area contributed by atoms with Crippen molar-refractivity contribution in [3.8, 4) is 0 Å². The Labute approximate surface area is 148 Å². The minimum absolute atomic E-state index is 0.0999. The molecule has 134 valence electrons. The standard InChI is InChI=1S/C18H22N2O4S/c1-13-6-4-5-7-17(13)19-18(21)15-8-10-16(11-9-15)25(22,23)20-14(2)12-24-3/h4-11,14,20H,12H2,1-3H3,(H,19,21)/t14-/m0/s1. The lowest BCUT2D eigenvalue weighted by Crippen LogP contribution is -2.35.